The molecule has 0 radical (unpaired) electrons. The first-order valence-corrected chi connectivity index (χ1v) is 10.3. The van der Waals surface area contributed by atoms with Crippen LogP contribution in [0.4, 0.5) is 0 Å². The van der Waals surface area contributed by atoms with Crippen LogP contribution in [0.15, 0.2) is 102 Å². The van der Waals surface area contributed by atoms with Crippen molar-refractivity contribution in [3.8, 4) is 5.75 Å². The monoisotopic (exact) mass is 439 g/mol. The maximum atomic E-state index is 12.9. The van der Waals surface area contributed by atoms with Crippen molar-refractivity contribution in [3.05, 3.63) is 113 Å². The lowest BCUT2D eigenvalue weighted by atomic mass is 10.1. The predicted molar refractivity (Wildman–Crippen MR) is 132 cm³/mol. The largest absolute Gasteiger partial charge is 0.497 e. The number of allylic oxidation sites excluding steroid dienone is 1. The van der Waals surface area contributed by atoms with E-state index in [1.54, 1.807) is 74.7 Å². The highest BCUT2D eigenvalue weighted by atomic mass is 16.5. The molecule has 6 heteroatoms. The van der Waals surface area contributed by atoms with Crippen LogP contribution in [0.5, 0.6) is 5.75 Å². The van der Waals surface area contributed by atoms with Gasteiger partial charge in [-0.25, -0.2) is 5.43 Å². The molecule has 2 amide bonds. The Morgan fingerprint density at radius 2 is 1.48 bits per heavy atom. The molecule has 3 aromatic carbocycles. The summed E-state index contributed by atoms with van der Waals surface area (Å²) in [7, 11) is 1.58. The highest BCUT2D eigenvalue weighted by molar-refractivity contribution is 6.06. The summed E-state index contributed by atoms with van der Waals surface area (Å²) in [5.41, 5.74) is 5.36. The second-order valence-corrected chi connectivity index (χ2v) is 7.09. The Labute approximate surface area is 193 Å². The zero-order valence-corrected chi connectivity index (χ0v) is 18.5. The summed E-state index contributed by atoms with van der Waals surface area (Å²) in [6.45, 7) is 1.77. The van der Waals surface area contributed by atoms with Crippen LogP contribution in [0.1, 0.15) is 28.4 Å². The lowest BCUT2D eigenvalue weighted by Crippen LogP contribution is -2.33. The van der Waals surface area contributed by atoms with Crippen LogP contribution in [0.3, 0.4) is 0 Å². The molecule has 0 saturated carbocycles. The molecule has 0 spiro atoms. The standard InChI is InChI=1S/C27H25N3O3/c1-20(13-14-21-9-5-3-6-10-21)29-30-27(32)25(19-22-15-17-24(33-2)18-16-22)28-26(31)23-11-7-4-8-12-23/h3-19H,1-2H3,(H,28,31)(H,30,32)/b14-13+,25-19-,29-20+. The van der Waals surface area contributed by atoms with Gasteiger partial charge < -0.3 is 10.1 Å². The molecule has 33 heavy (non-hydrogen) atoms. The van der Waals surface area contributed by atoms with Gasteiger partial charge in [0.05, 0.1) is 12.8 Å². The van der Waals surface area contributed by atoms with Gasteiger partial charge in [0, 0.05) is 5.56 Å². The third-order valence-corrected chi connectivity index (χ3v) is 4.61. The Morgan fingerprint density at radius 3 is 2.12 bits per heavy atom. The van der Waals surface area contributed by atoms with Crippen molar-refractivity contribution in [1.82, 2.24) is 10.7 Å². The number of carbonyl (C=O) groups excluding carboxylic acids is 2. The molecular weight excluding hydrogens is 414 g/mol. The molecule has 0 bridgehead atoms. The Bertz CT molecular complexity index is 1170. The number of rotatable bonds is 8. The summed E-state index contributed by atoms with van der Waals surface area (Å²) in [4.78, 5) is 25.5. The first-order chi connectivity index (χ1) is 16.0. The molecule has 0 atom stereocenters. The molecule has 0 heterocycles. The first-order valence-electron chi connectivity index (χ1n) is 10.3. The number of hydrogen-bond donors (Lipinski definition) is 2. The minimum atomic E-state index is -0.539. The van der Waals surface area contributed by atoms with E-state index >= 15 is 0 Å². The third-order valence-electron chi connectivity index (χ3n) is 4.61. The lowest BCUT2D eigenvalue weighted by molar-refractivity contribution is -0.117. The van der Waals surface area contributed by atoms with Crippen molar-refractivity contribution in [3.63, 3.8) is 0 Å². The van der Waals surface area contributed by atoms with E-state index in [0.29, 0.717) is 17.0 Å². The average molecular weight is 440 g/mol. The second kappa shape index (κ2) is 11.8. The molecular formula is C27H25N3O3. The molecule has 6 nitrogen and oxygen atoms in total. The number of ether oxygens (including phenoxy) is 1. The fraction of sp³-hybridized carbons (Fsp3) is 0.0741. The van der Waals surface area contributed by atoms with Crippen LogP contribution in [0.25, 0.3) is 12.2 Å². The van der Waals surface area contributed by atoms with E-state index in [-0.39, 0.29) is 5.70 Å². The van der Waals surface area contributed by atoms with Gasteiger partial charge in [0.25, 0.3) is 11.8 Å². The molecule has 3 rings (SSSR count). The molecule has 0 saturated heterocycles. The average Bonchev–Trinajstić information content (AvgIpc) is 2.87. The topological polar surface area (TPSA) is 79.8 Å². The molecule has 0 unspecified atom stereocenters. The minimum Gasteiger partial charge on any atom is -0.497 e. The van der Waals surface area contributed by atoms with Crippen molar-refractivity contribution in [1.29, 1.82) is 0 Å². The van der Waals surface area contributed by atoms with E-state index < -0.39 is 11.8 Å². The van der Waals surface area contributed by atoms with E-state index in [4.69, 9.17) is 4.74 Å². The minimum absolute atomic E-state index is 0.0672. The van der Waals surface area contributed by atoms with E-state index in [9.17, 15) is 9.59 Å². The van der Waals surface area contributed by atoms with Gasteiger partial charge in [-0.2, -0.15) is 5.10 Å². The number of benzene rings is 3. The van der Waals surface area contributed by atoms with Gasteiger partial charge >= 0.3 is 0 Å². The van der Waals surface area contributed by atoms with Crippen molar-refractivity contribution in [2.24, 2.45) is 5.10 Å². The summed E-state index contributed by atoms with van der Waals surface area (Å²) < 4.78 is 5.17. The molecule has 2 N–H and O–H groups in total. The Balaban J connectivity index is 1.78. The van der Waals surface area contributed by atoms with Crippen molar-refractivity contribution < 1.29 is 14.3 Å². The number of amides is 2. The number of hydrogen-bond acceptors (Lipinski definition) is 4. The molecule has 0 fully saturated rings. The van der Waals surface area contributed by atoms with Gasteiger partial charge in [0.1, 0.15) is 11.4 Å². The smallest absolute Gasteiger partial charge is 0.287 e. The molecule has 0 aliphatic carbocycles. The van der Waals surface area contributed by atoms with Crippen LogP contribution >= 0.6 is 0 Å². The fourth-order valence-corrected chi connectivity index (χ4v) is 2.83. The summed E-state index contributed by atoms with van der Waals surface area (Å²) in [5, 5.41) is 6.81. The van der Waals surface area contributed by atoms with E-state index in [2.05, 4.69) is 15.8 Å². The highest BCUT2D eigenvalue weighted by Gasteiger charge is 2.14. The Morgan fingerprint density at radius 1 is 0.848 bits per heavy atom. The van der Waals surface area contributed by atoms with Crippen LogP contribution in [0, 0.1) is 0 Å². The van der Waals surface area contributed by atoms with Gasteiger partial charge in [0.2, 0.25) is 0 Å². The molecule has 0 aliphatic rings. The molecule has 0 aromatic heterocycles. The van der Waals surface area contributed by atoms with Gasteiger partial charge in [-0.1, -0.05) is 66.7 Å². The second-order valence-electron chi connectivity index (χ2n) is 7.09. The van der Waals surface area contributed by atoms with E-state index in [1.165, 1.54) is 0 Å². The SMILES string of the molecule is COc1ccc(/C=C(\NC(=O)c2ccccc2)C(=O)N/N=C(C)/C=C/c2ccccc2)cc1. The quantitative estimate of drug-likeness (QED) is 0.304. The van der Waals surface area contributed by atoms with Crippen molar-refractivity contribution in [2.75, 3.05) is 7.11 Å². The number of carbonyl (C=O) groups is 2. The van der Waals surface area contributed by atoms with Gasteiger partial charge in [-0.3, -0.25) is 9.59 Å². The predicted octanol–water partition coefficient (Wildman–Crippen LogP) is 4.67. The summed E-state index contributed by atoms with van der Waals surface area (Å²) in [6, 6.07) is 25.6. The zero-order valence-electron chi connectivity index (χ0n) is 18.5. The number of methoxy groups -OCH3 is 1. The Kier molecular flexibility index (Phi) is 8.31. The van der Waals surface area contributed by atoms with Crippen LogP contribution < -0.4 is 15.5 Å². The molecule has 3 aromatic rings. The fourth-order valence-electron chi connectivity index (χ4n) is 2.83. The summed E-state index contributed by atoms with van der Waals surface area (Å²) in [5.74, 6) is -0.241. The van der Waals surface area contributed by atoms with Gasteiger partial charge in [-0.15, -0.1) is 0 Å². The zero-order chi connectivity index (χ0) is 23.5. The maximum absolute atomic E-state index is 12.9. The van der Waals surface area contributed by atoms with Crippen molar-refractivity contribution in [2.45, 2.75) is 6.92 Å². The highest BCUT2D eigenvalue weighted by Crippen LogP contribution is 2.14. The summed E-state index contributed by atoms with van der Waals surface area (Å²) in [6.07, 6.45) is 5.28. The molecule has 166 valence electrons. The Hall–Kier alpha value is -4.45. The van der Waals surface area contributed by atoms with Crippen LogP contribution in [0.2, 0.25) is 0 Å². The number of nitrogens with zero attached hydrogens (tertiary/aromatic N) is 1. The van der Waals surface area contributed by atoms with Gasteiger partial charge in [0.15, 0.2) is 0 Å². The summed E-state index contributed by atoms with van der Waals surface area (Å²) >= 11 is 0. The maximum Gasteiger partial charge on any atom is 0.287 e. The van der Waals surface area contributed by atoms with Crippen molar-refractivity contribution >= 4 is 29.7 Å². The van der Waals surface area contributed by atoms with E-state index in [0.717, 1.165) is 11.1 Å². The van der Waals surface area contributed by atoms with Crippen LogP contribution in [-0.4, -0.2) is 24.6 Å². The van der Waals surface area contributed by atoms with Crippen LogP contribution in [-0.2, 0) is 4.79 Å². The van der Waals surface area contributed by atoms with Gasteiger partial charge in [-0.05, 0) is 54.5 Å². The normalized spacial score (nSPS) is 11.8. The number of nitrogens with one attached hydrogen (secondary N) is 2. The molecule has 0 aliphatic heterocycles. The first kappa shape index (κ1) is 23.2. The van der Waals surface area contributed by atoms with E-state index in [1.807, 2.05) is 42.5 Å². The third kappa shape index (κ3) is 7.33. The number of hydrazone groups is 1. The lowest BCUT2D eigenvalue weighted by Gasteiger charge is -2.10.